The number of benzene rings is 1. The zero-order valence-corrected chi connectivity index (χ0v) is 15.0. The van der Waals surface area contributed by atoms with Gasteiger partial charge < -0.3 is 10.6 Å². The zero-order valence-electron chi connectivity index (χ0n) is 14.2. The number of hydrogen-bond donors (Lipinski definition) is 3. The van der Waals surface area contributed by atoms with Crippen LogP contribution in [0.5, 0.6) is 0 Å². The van der Waals surface area contributed by atoms with Gasteiger partial charge in [-0.1, -0.05) is 38.7 Å². The molecule has 1 aliphatic carbocycles. The molecule has 1 aliphatic rings. The fraction of sp³-hybridized carbons (Fsp3) is 0.588. The van der Waals surface area contributed by atoms with E-state index in [2.05, 4.69) is 10.6 Å². The maximum atomic E-state index is 11.9. The third kappa shape index (κ3) is 5.49. The lowest BCUT2D eigenvalue weighted by Gasteiger charge is -2.12. The number of nitrogens with one attached hydrogen (secondary N) is 2. The first-order chi connectivity index (χ1) is 11.4. The van der Waals surface area contributed by atoms with Gasteiger partial charge in [-0.25, -0.2) is 18.4 Å². The number of primary sulfonamides is 1. The Hall–Kier alpha value is -1.60. The summed E-state index contributed by atoms with van der Waals surface area (Å²) in [6.45, 7) is 2.48. The fourth-order valence-corrected chi connectivity index (χ4v) is 4.13. The molecule has 0 bridgehead atoms. The van der Waals surface area contributed by atoms with Gasteiger partial charge in [0, 0.05) is 12.2 Å². The van der Waals surface area contributed by atoms with Crippen molar-refractivity contribution in [1.29, 1.82) is 0 Å². The third-order valence-corrected chi connectivity index (χ3v) is 5.55. The number of sulfonamides is 1. The lowest BCUT2D eigenvalue weighted by atomic mass is 10.0. The van der Waals surface area contributed by atoms with Crippen LogP contribution < -0.4 is 15.8 Å². The lowest BCUT2D eigenvalue weighted by molar-refractivity contribution is 0.251. The standard InChI is InChI=1S/C17H27N3O3S/c1-2-14-9-10-15(12-16(14)24(18,22)23)20-17(21)19-11-5-8-13-6-3-4-7-13/h9-10,12-13H,2-8,11H2,1H3,(H2,18,22,23)(H2,19,20,21). The van der Waals surface area contributed by atoms with Crippen LogP contribution in [-0.4, -0.2) is 21.0 Å². The quantitative estimate of drug-likeness (QED) is 0.657. The predicted octanol–water partition coefficient (Wildman–Crippen LogP) is 2.99. The number of anilines is 1. The topological polar surface area (TPSA) is 101 Å². The highest BCUT2D eigenvalue weighted by Gasteiger charge is 2.15. The van der Waals surface area contributed by atoms with E-state index in [0.29, 0.717) is 24.2 Å². The number of nitrogens with two attached hydrogens (primary N) is 1. The minimum absolute atomic E-state index is 0.0593. The predicted molar refractivity (Wildman–Crippen MR) is 95.4 cm³/mol. The monoisotopic (exact) mass is 353 g/mol. The molecule has 24 heavy (non-hydrogen) atoms. The largest absolute Gasteiger partial charge is 0.338 e. The van der Waals surface area contributed by atoms with E-state index in [4.69, 9.17) is 5.14 Å². The van der Waals surface area contributed by atoms with E-state index in [-0.39, 0.29) is 10.9 Å². The maximum Gasteiger partial charge on any atom is 0.319 e. The highest BCUT2D eigenvalue weighted by Crippen LogP contribution is 2.28. The Kier molecular flexibility index (Phi) is 6.62. The average Bonchev–Trinajstić information content (AvgIpc) is 3.04. The van der Waals surface area contributed by atoms with Crippen LogP contribution in [0.15, 0.2) is 23.1 Å². The molecule has 6 nitrogen and oxygen atoms in total. The van der Waals surface area contributed by atoms with Crippen molar-refractivity contribution in [1.82, 2.24) is 5.32 Å². The molecular weight excluding hydrogens is 326 g/mol. The molecule has 1 saturated carbocycles. The van der Waals surface area contributed by atoms with Crippen LogP contribution >= 0.6 is 0 Å². The van der Waals surface area contributed by atoms with Gasteiger partial charge in [-0.3, -0.25) is 0 Å². The highest BCUT2D eigenvalue weighted by molar-refractivity contribution is 7.89. The second-order valence-corrected chi connectivity index (χ2v) is 7.92. The summed E-state index contributed by atoms with van der Waals surface area (Å²) in [5.41, 5.74) is 1.06. The van der Waals surface area contributed by atoms with E-state index in [1.807, 2.05) is 6.92 Å². The molecule has 2 rings (SSSR count). The summed E-state index contributed by atoms with van der Waals surface area (Å²) in [6, 6.07) is 4.44. The summed E-state index contributed by atoms with van der Waals surface area (Å²) in [5.74, 6) is 0.814. The third-order valence-electron chi connectivity index (χ3n) is 4.56. The Morgan fingerprint density at radius 2 is 2.00 bits per heavy atom. The van der Waals surface area contributed by atoms with E-state index in [1.165, 1.54) is 31.7 Å². The van der Waals surface area contributed by atoms with E-state index < -0.39 is 10.0 Å². The van der Waals surface area contributed by atoms with Gasteiger partial charge in [0.25, 0.3) is 0 Å². The number of aryl methyl sites for hydroxylation is 1. The number of urea groups is 1. The van der Waals surface area contributed by atoms with Gasteiger partial charge >= 0.3 is 6.03 Å². The van der Waals surface area contributed by atoms with E-state index in [0.717, 1.165) is 18.8 Å². The number of carbonyl (C=O) groups is 1. The Morgan fingerprint density at radius 1 is 1.29 bits per heavy atom. The van der Waals surface area contributed by atoms with E-state index in [1.54, 1.807) is 12.1 Å². The number of amides is 2. The molecule has 0 heterocycles. The summed E-state index contributed by atoms with van der Waals surface area (Å²) in [6.07, 6.45) is 7.96. The smallest absolute Gasteiger partial charge is 0.319 e. The Labute approximate surface area is 144 Å². The van der Waals surface area contributed by atoms with Gasteiger partial charge in [-0.2, -0.15) is 0 Å². The number of rotatable bonds is 7. The summed E-state index contributed by atoms with van der Waals surface area (Å²) >= 11 is 0. The van der Waals surface area contributed by atoms with Crippen molar-refractivity contribution in [2.75, 3.05) is 11.9 Å². The summed E-state index contributed by atoms with van der Waals surface area (Å²) in [7, 11) is -3.81. The molecule has 7 heteroatoms. The van der Waals surface area contributed by atoms with Crippen LogP contribution in [-0.2, 0) is 16.4 Å². The van der Waals surface area contributed by atoms with Gasteiger partial charge in [-0.15, -0.1) is 0 Å². The molecule has 0 aliphatic heterocycles. The van der Waals surface area contributed by atoms with E-state index in [9.17, 15) is 13.2 Å². The number of carbonyl (C=O) groups excluding carboxylic acids is 1. The summed E-state index contributed by atoms with van der Waals surface area (Å²) < 4.78 is 23.3. The van der Waals surface area contributed by atoms with Crippen LogP contribution in [0.4, 0.5) is 10.5 Å². The highest BCUT2D eigenvalue weighted by atomic mass is 32.2. The van der Waals surface area contributed by atoms with Crippen molar-refractivity contribution in [2.24, 2.45) is 11.1 Å². The van der Waals surface area contributed by atoms with Crippen molar-refractivity contribution >= 4 is 21.7 Å². The lowest BCUT2D eigenvalue weighted by Crippen LogP contribution is -2.29. The fourth-order valence-electron chi connectivity index (χ4n) is 3.26. The first-order valence-corrected chi connectivity index (χ1v) is 10.2. The van der Waals surface area contributed by atoms with Gasteiger partial charge in [0.05, 0.1) is 4.90 Å². The summed E-state index contributed by atoms with van der Waals surface area (Å²) in [5, 5.41) is 10.7. The molecule has 134 valence electrons. The second kappa shape index (κ2) is 8.48. The van der Waals surface area contributed by atoms with Crippen LogP contribution in [0.3, 0.4) is 0 Å². The Morgan fingerprint density at radius 3 is 2.62 bits per heavy atom. The molecule has 0 atom stereocenters. The number of hydrogen-bond acceptors (Lipinski definition) is 3. The van der Waals surface area contributed by atoms with Gasteiger partial charge in [-0.05, 0) is 42.9 Å². The Balaban J connectivity index is 1.84. The first-order valence-electron chi connectivity index (χ1n) is 8.60. The SMILES string of the molecule is CCc1ccc(NC(=O)NCCCC2CCCC2)cc1S(N)(=O)=O. The van der Waals surface area contributed by atoms with Crippen molar-refractivity contribution < 1.29 is 13.2 Å². The van der Waals surface area contributed by atoms with Crippen molar-refractivity contribution in [3.8, 4) is 0 Å². The minimum Gasteiger partial charge on any atom is -0.338 e. The minimum atomic E-state index is -3.81. The van der Waals surface area contributed by atoms with Crippen molar-refractivity contribution in [3.63, 3.8) is 0 Å². The molecule has 0 radical (unpaired) electrons. The first kappa shape index (κ1) is 18.7. The van der Waals surface area contributed by atoms with Gasteiger partial charge in [0.2, 0.25) is 10.0 Å². The molecule has 2 amide bonds. The molecule has 1 aromatic rings. The zero-order chi connectivity index (χ0) is 17.6. The molecule has 1 aromatic carbocycles. The van der Waals surface area contributed by atoms with Gasteiger partial charge in [0.15, 0.2) is 0 Å². The van der Waals surface area contributed by atoms with Crippen LogP contribution in [0.2, 0.25) is 0 Å². The van der Waals surface area contributed by atoms with Gasteiger partial charge in [0.1, 0.15) is 0 Å². The molecule has 1 fully saturated rings. The maximum absolute atomic E-state index is 11.9. The van der Waals surface area contributed by atoms with Crippen molar-refractivity contribution in [3.05, 3.63) is 23.8 Å². The molecule has 4 N–H and O–H groups in total. The second-order valence-electron chi connectivity index (χ2n) is 6.39. The van der Waals surface area contributed by atoms with Crippen LogP contribution in [0.25, 0.3) is 0 Å². The van der Waals surface area contributed by atoms with E-state index >= 15 is 0 Å². The van der Waals surface area contributed by atoms with Crippen LogP contribution in [0.1, 0.15) is 51.0 Å². The molecule has 0 spiro atoms. The molecule has 0 saturated heterocycles. The molecule has 0 unspecified atom stereocenters. The normalized spacial score (nSPS) is 15.4. The van der Waals surface area contributed by atoms with Crippen molar-refractivity contribution in [2.45, 2.75) is 56.8 Å². The Bertz CT molecular complexity index is 668. The molecule has 0 aromatic heterocycles. The van der Waals surface area contributed by atoms with Crippen LogP contribution in [0, 0.1) is 5.92 Å². The average molecular weight is 353 g/mol. The molecular formula is C17H27N3O3S. The summed E-state index contributed by atoms with van der Waals surface area (Å²) in [4.78, 5) is 12.0.